The number of halogens is 5. The zero-order chi connectivity index (χ0) is 33.8. The van der Waals surface area contributed by atoms with Gasteiger partial charge in [0.1, 0.15) is 22.6 Å². The maximum atomic E-state index is 16.0. The van der Waals surface area contributed by atoms with Crippen LogP contribution in [0, 0.1) is 11.6 Å². The summed E-state index contributed by atoms with van der Waals surface area (Å²) in [5, 5.41) is -1.15. The summed E-state index contributed by atoms with van der Waals surface area (Å²) in [7, 11) is -4.14. The summed E-state index contributed by atoms with van der Waals surface area (Å²) in [5.74, 6) is -3.25. The zero-order valence-electron chi connectivity index (χ0n) is 24.5. The first-order valence-electron chi connectivity index (χ1n) is 14.2. The van der Waals surface area contributed by atoms with Crippen molar-refractivity contribution >= 4 is 32.6 Å². The number of carbonyl (C=O) groups excluding carboxylic acids is 1. The summed E-state index contributed by atoms with van der Waals surface area (Å²) in [6, 6.07) is 3.49. The third-order valence-electron chi connectivity index (χ3n) is 8.10. The molecule has 4 aromatic rings. The molecule has 47 heavy (non-hydrogen) atoms. The maximum Gasteiger partial charge on any atom is 0.417 e. The van der Waals surface area contributed by atoms with Crippen molar-refractivity contribution in [2.45, 2.75) is 29.3 Å². The van der Waals surface area contributed by atoms with E-state index in [1.54, 1.807) is 11.8 Å². The van der Waals surface area contributed by atoms with Crippen LogP contribution in [0.2, 0.25) is 0 Å². The number of nitrogens with zero attached hydrogens (tertiary/aromatic N) is 6. The number of anilines is 1. The Labute approximate surface area is 263 Å². The van der Waals surface area contributed by atoms with Crippen molar-refractivity contribution in [1.82, 2.24) is 24.4 Å². The van der Waals surface area contributed by atoms with Crippen molar-refractivity contribution < 1.29 is 39.9 Å². The number of pyridine rings is 2. The smallest absolute Gasteiger partial charge is 0.379 e. The predicted octanol–water partition coefficient (Wildman–Crippen LogP) is 3.54. The fraction of sp³-hybridized carbons (Fsp3) is 0.300. The first kappa shape index (κ1) is 32.2. The Balaban J connectivity index is 1.66. The van der Waals surface area contributed by atoms with Crippen LogP contribution in [0.5, 0.6) is 0 Å². The third kappa shape index (κ3) is 5.52. The number of piperazine rings is 1. The molecule has 5 heterocycles. The SMILES string of the molecule is C=CC(=O)N1CCN(c2nc(=O)n(-c3cnccc3S(=O)(=O)C3COC3)c3nc(-c4c(F)cccc4C(F)(F)F)c(F)cc23)[C@@H](C)C1. The Morgan fingerprint density at radius 1 is 1.11 bits per heavy atom. The largest absolute Gasteiger partial charge is 0.417 e. The van der Waals surface area contributed by atoms with Gasteiger partial charge in [-0.25, -0.2) is 31.5 Å². The van der Waals surface area contributed by atoms with E-state index < -0.39 is 67.1 Å². The average Bonchev–Trinajstić information content (AvgIpc) is 2.99. The Bertz CT molecular complexity index is 2100. The molecule has 0 N–H and O–H groups in total. The lowest BCUT2D eigenvalue weighted by atomic mass is 10.0. The van der Waals surface area contributed by atoms with Gasteiger partial charge in [0, 0.05) is 31.9 Å². The van der Waals surface area contributed by atoms with Gasteiger partial charge < -0.3 is 14.5 Å². The fourth-order valence-electron chi connectivity index (χ4n) is 5.67. The highest BCUT2D eigenvalue weighted by atomic mass is 32.2. The molecule has 11 nitrogen and oxygen atoms in total. The highest BCUT2D eigenvalue weighted by Crippen LogP contribution is 2.40. The molecule has 0 radical (unpaired) electrons. The van der Waals surface area contributed by atoms with Gasteiger partial charge in [-0.05, 0) is 37.3 Å². The van der Waals surface area contributed by atoms with Crippen LogP contribution in [-0.2, 0) is 25.5 Å². The molecule has 246 valence electrons. The average molecular weight is 677 g/mol. The number of amides is 1. The molecule has 2 aliphatic rings. The predicted molar refractivity (Wildman–Crippen MR) is 159 cm³/mol. The third-order valence-corrected chi connectivity index (χ3v) is 10.2. The number of hydrogen-bond donors (Lipinski definition) is 0. The van der Waals surface area contributed by atoms with Crippen LogP contribution in [0.25, 0.3) is 28.0 Å². The zero-order valence-corrected chi connectivity index (χ0v) is 25.4. The molecule has 0 spiro atoms. The summed E-state index contributed by atoms with van der Waals surface area (Å²) < 4.78 is 106. The summed E-state index contributed by atoms with van der Waals surface area (Å²) >= 11 is 0. The minimum atomic E-state index is -5.11. The fourth-order valence-corrected chi connectivity index (χ4v) is 7.27. The summed E-state index contributed by atoms with van der Waals surface area (Å²) in [4.78, 5) is 41.1. The Kier molecular flexibility index (Phi) is 8.07. The topological polar surface area (TPSA) is 128 Å². The summed E-state index contributed by atoms with van der Waals surface area (Å²) in [5.41, 5.74) is -5.75. The second-order valence-electron chi connectivity index (χ2n) is 11.0. The lowest BCUT2D eigenvalue weighted by Crippen LogP contribution is -2.54. The molecule has 0 bridgehead atoms. The normalized spacial score (nSPS) is 17.5. The van der Waals surface area contributed by atoms with E-state index >= 15 is 8.78 Å². The summed E-state index contributed by atoms with van der Waals surface area (Å²) in [6.45, 7) is 5.38. The molecular formula is C30H25F5N6O5S. The van der Waals surface area contributed by atoms with Gasteiger partial charge in [-0.15, -0.1) is 0 Å². The van der Waals surface area contributed by atoms with Gasteiger partial charge in [0.15, 0.2) is 21.3 Å². The van der Waals surface area contributed by atoms with E-state index in [2.05, 4.69) is 21.5 Å². The van der Waals surface area contributed by atoms with E-state index in [-0.39, 0.29) is 60.5 Å². The molecule has 1 amide bonds. The number of alkyl halides is 3. The van der Waals surface area contributed by atoms with Crippen molar-refractivity contribution in [3.05, 3.63) is 83.1 Å². The molecule has 1 aromatic carbocycles. The number of aromatic nitrogens is 4. The van der Waals surface area contributed by atoms with Crippen molar-refractivity contribution in [3.63, 3.8) is 0 Å². The molecule has 2 aliphatic heterocycles. The molecular weight excluding hydrogens is 651 g/mol. The van der Waals surface area contributed by atoms with Crippen LogP contribution in [0.4, 0.5) is 27.8 Å². The number of hydrogen-bond acceptors (Lipinski definition) is 9. The second-order valence-corrected chi connectivity index (χ2v) is 13.2. The Morgan fingerprint density at radius 3 is 2.49 bits per heavy atom. The molecule has 2 fully saturated rings. The van der Waals surface area contributed by atoms with Crippen molar-refractivity contribution in [2.24, 2.45) is 0 Å². The molecule has 1 atom stereocenters. The first-order valence-corrected chi connectivity index (χ1v) is 15.7. The van der Waals surface area contributed by atoms with E-state index in [9.17, 15) is 31.2 Å². The molecule has 0 saturated carbocycles. The molecule has 2 saturated heterocycles. The van der Waals surface area contributed by atoms with Crippen molar-refractivity contribution in [3.8, 4) is 16.9 Å². The van der Waals surface area contributed by atoms with E-state index in [0.29, 0.717) is 16.7 Å². The maximum absolute atomic E-state index is 16.0. The van der Waals surface area contributed by atoms with E-state index in [1.165, 1.54) is 11.1 Å². The van der Waals surface area contributed by atoms with E-state index in [4.69, 9.17) is 4.74 Å². The van der Waals surface area contributed by atoms with Gasteiger partial charge in [0.2, 0.25) is 5.91 Å². The van der Waals surface area contributed by atoms with Gasteiger partial charge in [-0.3, -0.25) is 9.78 Å². The van der Waals surface area contributed by atoms with Crippen molar-refractivity contribution in [1.29, 1.82) is 0 Å². The van der Waals surface area contributed by atoms with Crippen LogP contribution in [0.15, 0.2) is 65.1 Å². The highest BCUT2D eigenvalue weighted by molar-refractivity contribution is 7.92. The van der Waals surface area contributed by atoms with Gasteiger partial charge in [-0.1, -0.05) is 12.6 Å². The minimum Gasteiger partial charge on any atom is -0.379 e. The highest BCUT2D eigenvalue weighted by Gasteiger charge is 2.39. The van der Waals surface area contributed by atoms with Gasteiger partial charge >= 0.3 is 11.9 Å². The minimum absolute atomic E-state index is 0.107. The van der Waals surface area contributed by atoms with Gasteiger partial charge in [-0.2, -0.15) is 18.2 Å². The van der Waals surface area contributed by atoms with Crippen LogP contribution >= 0.6 is 0 Å². The first-order chi connectivity index (χ1) is 22.2. The molecule has 6 rings (SSSR count). The molecule has 0 aliphatic carbocycles. The standard InChI is InChI=1S/C30H25F5N6O5S/c1-3-24(42)39-9-10-40(16(2)13-39)27-18-11-21(32)26(25-19(30(33,34)35)5-4-6-20(25)31)37-28(18)41(29(43)38-27)22-12-36-8-7-23(22)47(44,45)17-14-46-15-17/h3-8,11-12,16-17H,1,9-10,13-15H2,2H3/t16-/m0/s1. The monoisotopic (exact) mass is 676 g/mol. The molecule has 3 aromatic heterocycles. The second kappa shape index (κ2) is 11.8. The molecule has 0 unspecified atom stereocenters. The Morgan fingerprint density at radius 2 is 1.85 bits per heavy atom. The van der Waals surface area contributed by atoms with Crippen LogP contribution < -0.4 is 10.6 Å². The number of benzene rings is 1. The lowest BCUT2D eigenvalue weighted by Gasteiger charge is -2.40. The van der Waals surface area contributed by atoms with E-state index in [1.807, 2.05) is 0 Å². The number of fused-ring (bicyclic) bond motifs is 1. The quantitative estimate of drug-likeness (QED) is 0.223. The van der Waals surface area contributed by atoms with Crippen LogP contribution in [0.3, 0.4) is 0 Å². The van der Waals surface area contributed by atoms with Crippen LogP contribution in [0.1, 0.15) is 12.5 Å². The van der Waals surface area contributed by atoms with Crippen LogP contribution in [-0.4, -0.2) is 82.9 Å². The number of rotatable bonds is 6. The summed E-state index contributed by atoms with van der Waals surface area (Å²) in [6.07, 6.45) is -1.77. The number of ether oxygens (including phenoxy) is 1. The number of sulfone groups is 1. The molecule has 17 heteroatoms. The lowest BCUT2D eigenvalue weighted by molar-refractivity contribution is -0.137. The van der Waals surface area contributed by atoms with Crippen molar-refractivity contribution in [2.75, 3.05) is 37.7 Å². The van der Waals surface area contributed by atoms with E-state index in [0.717, 1.165) is 30.5 Å². The Hall–Kier alpha value is -4.77. The van der Waals surface area contributed by atoms with Gasteiger partial charge in [0.25, 0.3) is 0 Å². The number of carbonyl (C=O) groups is 1. The van der Waals surface area contributed by atoms with Gasteiger partial charge in [0.05, 0.1) is 46.5 Å².